The number of thioether (sulfide) groups is 1. The zero-order chi connectivity index (χ0) is 16.0. The van der Waals surface area contributed by atoms with Crippen LogP contribution in [0, 0.1) is 5.82 Å². The Hall–Kier alpha value is -0.780. The van der Waals surface area contributed by atoms with Gasteiger partial charge in [-0.2, -0.15) is 0 Å². The molecule has 0 radical (unpaired) electrons. The standard InChI is InChI=1S/C14H15Cl2FO3S/c1-3-5-20-14(19)11(4-2)21-12-6-8(13(16)18)10(17)7-9(12)15/h6-7,11H,3-5H2,1-2H3. The summed E-state index contributed by atoms with van der Waals surface area (Å²) < 4.78 is 18.6. The molecule has 0 fully saturated rings. The molecule has 0 spiro atoms. The molecule has 1 aromatic carbocycles. The zero-order valence-electron chi connectivity index (χ0n) is 11.6. The molecule has 0 aromatic heterocycles. The number of ether oxygens (including phenoxy) is 1. The molecule has 7 heteroatoms. The topological polar surface area (TPSA) is 43.4 Å². The van der Waals surface area contributed by atoms with Gasteiger partial charge in [-0.1, -0.05) is 25.4 Å². The first-order valence-electron chi connectivity index (χ1n) is 6.42. The highest BCUT2D eigenvalue weighted by Crippen LogP contribution is 2.34. The van der Waals surface area contributed by atoms with E-state index in [2.05, 4.69) is 0 Å². The Bertz CT molecular complexity index is 537. The van der Waals surface area contributed by atoms with Crippen LogP contribution in [-0.2, 0) is 9.53 Å². The molecule has 3 nitrogen and oxygen atoms in total. The van der Waals surface area contributed by atoms with Crippen molar-refractivity contribution in [3.8, 4) is 0 Å². The summed E-state index contributed by atoms with van der Waals surface area (Å²) in [5, 5.41) is -1.26. The summed E-state index contributed by atoms with van der Waals surface area (Å²) >= 11 is 12.4. The lowest BCUT2D eigenvalue weighted by atomic mass is 10.2. The van der Waals surface area contributed by atoms with Crippen LogP contribution in [0.25, 0.3) is 0 Å². The lowest BCUT2D eigenvalue weighted by Gasteiger charge is -2.15. The van der Waals surface area contributed by atoms with E-state index in [0.717, 1.165) is 24.2 Å². The van der Waals surface area contributed by atoms with Gasteiger partial charge in [0.2, 0.25) is 0 Å². The number of esters is 1. The van der Waals surface area contributed by atoms with Crippen LogP contribution in [0.3, 0.4) is 0 Å². The first kappa shape index (κ1) is 18.3. The van der Waals surface area contributed by atoms with E-state index in [-0.39, 0.29) is 16.6 Å². The molecule has 0 bridgehead atoms. The molecule has 0 heterocycles. The second-order valence-corrected chi connectivity index (χ2v) is 6.21. The van der Waals surface area contributed by atoms with Crippen molar-refractivity contribution >= 4 is 46.2 Å². The third-order valence-corrected chi connectivity index (χ3v) is 4.62. The van der Waals surface area contributed by atoms with Crippen LogP contribution in [0.1, 0.15) is 37.0 Å². The Morgan fingerprint density at radius 3 is 2.57 bits per heavy atom. The van der Waals surface area contributed by atoms with E-state index in [1.54, 1.807) is 0 Å². The predicted molar refractivity (Wildman–Crippen MR) is 82.8 cm³/mol. The van der Waals surface area contributed by atoms with Crippen molar-refractivity contribution in [1.82, 2.24) is 0 Å². The fourth-order valence-corrected chi connectivity index (χ4v) is 2.94. The third kappa shape index (κ3) is 5.16. The largest absolute Gasteiger partial charge is 0.465 e. The van der Waals surface area contributed by atoms with E-state index < -0.39 is 16.3 Å². The average molecular weight is 353 g/mol. The maximum Gasteiger partial charge on any atom is 0.319 e. The summed E-state index contributed by atoms with van der Waals surface area (Å²) in [6.07, 6.45) is 1.25. The van der Waals surface area contributed by atoms with Crippen LogP contribution < -0.4 is 0 Å². The van der Waals surface area contributed by atoms with E-state index in [0.29, 0.717) is 17.9 Å². The van der Waals surface area contributed by atoms with Gasteiger partial charge in [0, 0.05) is 4.90 Å². The highest BCUT2D eigenvalue weighted by molar-refractivity contribution is 8.00. The molecule has 0 amide bonds. The van der Waals surface area contributed by atoms with E-state index in [4.69, 9.17) is 27.9 Å². The fraction of sp³-hybridized carbons (Fsp3) is 0.429. The van der Waals surface area contributed by atoms with Crippen molar-refractivity contribution in [2.75, 3.05) is 6.61 Å². The number of carbonyl (C=O) groups is 2. The molecule has 21 heavy (non-hydrogen) atoms. The molecule has 1 unspecified atom stereocenters. The Morgan fingerprint density at radius 2 is 2.05 bits per heavy atom. The second kappa shape index (κ2) is 8.61. The van der Waals surface area contributed by atoms with Crippen LogP contribution in [0.15, 0.2) is 17.0 Å². The molecule has 0 saturated carbocycles. The quantitative estimate of drug-likeness (QED) is 0.405. The van der Waals surface area contributed by atoms with Gasteiger partial charge in [0.05, 0.1) is 17.2 Å². The first-order valence-corrected chi connectivity index (χ1v) is 8.06. The smallest absolute Gasteiger partial charge is 0.319 e. The number of hydrogen-bond donors (Lipinski definition) is 0. The van der Waals surface area contributed by atoms with Gasteiger partial charge in [0.15, 0.2) is 0 Å². The van der Waals surface area contributed by atoms with Crippen molar-refractivity contribution in [2.24, 2.45) is 0 Å². The lowest BCUT2D eigenvalue weighted by Crippen LogP contribution is -2.20. The summed E-state index contributed by atoms with van der Waals surface area (Å²) in [6.45, 7) is 4.07. The van der Waals surface area contributed by atoms with E-state index >= 15 is 0 Å². The monoisotopic (exact) mass is 352 g/mol. The minimum Gasteiger partial charge on any atom is -0.465 e. The zero-order valence-corrected chi connectivity index (χ0v) is 13.9. The Morgan fingerprint density at radius 1 is 1.38 bits per heavy atom. The van der Waals surface area contributed by atoms with E-state index in [9.17, 15) is 14.0 Å². The molecule has 1 aromatic rings. The molecule has 1 rings (SSSR count). The van der Waals surface area contributed by atoms with Gasteiger partial charge in [-0.05, 0) is 36.6 Å². The summed E-state index contributed by atoms with van der Waals surface area (Å²) in [4.78, 5) is 23.4. The number of hydrogen-bond acceptors (Lipinski definition) is 4. The predicted octanol–water partition coefficient (Wildman–Crippen LogP) is 4.68. The normalized spacial score (nSPS) is 12.0. The number of halogens is 3. The van der Waals surface area contributed by atoms with E-state index in [1.807, 2.05) is 13.8 Å². The average Bonchev–Trinajstić information content (AvgIpc) is 2.43. The maximum absolute atomic E-state index is 13.5. The molecule has 0 saturated heterocycles. The Balaban J connectivity index is 2.96. The highest BCUT2D eigenvalue weighted by Gasteiger charge is 2.22. The minimum atomic E-state index is -0.910. The fourth-order valence-electron chi connectivity index (χ4n) is 1.52. The third-order valence-electron chi connectivity index (χ3n) is 2.58. The van der Waals surface area contributed by atoms with Gasteiger partial charge >= 0.3 is 5.97 Å². The molecule has 0 aliphatic heterocycles. The molecule has 0 N–H and O–H groups in total. The Labute approximate surface area is 137 Å². The number of carbonyl (C=O) groups excluding carboxylic acids is 2. The lowest BCUT2D eigenvalue weighted by molar-refractivity contribution is -0.143. The van der Waals surface area contributed by atoms with Gasteiger partial charge in [-0.25, -0.2) is 4.39 Å². The van der Waals surface area contributed by atoms with Crippen LogP contribution in [0.5, 0.6) is 0 Å². The molecule has 116 valence electrons. The molecule has 0 aliphatic carbocycles. The summed E-state index contributed by atoms with van der Waals surface area (Å²) in [5.74, 6) is -1.14. The van der Waals surface area contributed by atoms with Crippen molar-refractivity contribution in [3.63, 3.8) is 0 Å². The van der Waals surface area contributed by atoms with Crippen LogP contribution in [0.4, 0.5) is 4.39 Å². The van der Waals surface area contributed by atoms with Gasteiger partial charge in [-0.3, -0.25) is 9.59 Å². The summed E-state index contributed by atoms with van der Waals surface area (Å²) in [6, 6.07) is 2.27. The van der Waals surface area contributed by atoms with Crippen molar-refractivity contribution < 1.29 is 18.7 Å². The molecular formula is C14H15Cl2FO3S. The van der Waals surface area contributed by atoms with Crippen molar-refractivity contribution in [1.29, 1.82) is 0 Å². The van der Waals surface area contributed by atoms with Crippen LogP contribution in [0.2, 0.25) is 5.02 Å². The highest BCUT2D eigenvalue weighted by atomic mass is 35.5. The first-order chi connectivity index (χ1) is 9.90. The second-order valence-electron chi connectivity index (χ2n) is 4.22. The van der Waals surface area contributed by atoms with Crippen molar-refractivity contribution in [3.05, 3.63) is 28.5 Å². The van der Waals surface area contributed by atoms with E-state index in [1.165, 1.54) is 6.07 Å². The number of rotatable bonds is 7. The maximum atomic E-state index is 13.5. The minimum absolute atomic E-state index is 0.126. The van der Waals surface area contributed by atoms with Crippen molar-refractivity contribution in [2.45, 2.75) is 36.8 Å². The van der Waals surface area contributed by atoms with Crippen LogP contribution in [-0.4, -0.2) is 23.1 Å². The van der Waals surface area contributed by atoms with Gasteiger partial charge in [-0.15, -0.1) is 11.8 Å². The summed E-state index contributed by atoms with van der Waals surface area (Å²) in [7, 11) is 0. The van der Waals surface area contributed by atoms with Gasteiger partial charge in [0.25, 0.3) is 5.24 Å². The van der Waals surface area contributed by atoms with Gasteiger partial charge < -0.3 is 4.74 Å². The van der Waals surface area contributed by atoms with Crippen LogP contribution >= 0.6 is 35.0 Å². The molecule has 0 aliphatic rings. The molecular weight excluding hydrogens is 338 g/mol. The van der Waals surface area contributed by atoms with Gasteiger partial charge in [0.1, 0.15) is 11.1 Å². The SMILES string of the molecule is CCCOC(=O)C(CC)Sc1cc(C(=O)Cl)c(F)cc1Cl. The molecule has 1 atom stereocenters. The number of benzene rings is 1. The summed E-state index contributed by atoms with van der Waals surface area (Å²) in [5.41, 5.74) is -0.264. The Kier molecular flexibility index (Phi) is 7.49.